The monoisotopic (exact) mass is 566 g/mol. The Kier molecular flexibility index (Phi) is 8.91. The average molecular weight is 567 g/mol. The Bertz CT molecular complexity index is 1410. The van der Waals surface area contributed by atoms with E-state index in [1.807, 2.05) is 6.07 Å². The van der Waals surface area contributed by atoms with Crippen LogP contribution >= 0.6 is 0 Å². The van der Waals surface area contributed by atoms with Gasteiger partial charge in [0.25, 0.3) is 5.91 Å². The quantitative estimate of drug-likeness (QED) is 0.485. The van der Waals surface area contributed by atoms with Crippen LogP contribution in [-0.2, 0) is 22.7 Å². The number of hydrogen-bond donors (Lipinski definition) is 1. The summed E-state index contributed by atoms with van der Waals surface area (Å²) in [7, 11) is -1.91. The van der Waals surface area contributed by atoms with E-state index < -0.39 is 39.0 Å². The predicted molar refractivity (Wildman–Crippen MR) is 134 cm³/mol. The summed E-state index contributed by atoms with van der Waals surface area (Å²) in [5.74, 6) is -0.188. The molecule has 10 nitrogen and oxygen atoms in total. The largest absolute Gasteiger partial charge is 0.493 e. The molecular formula is C25H29F3N6O4S. The third-order valence-electron chi connectivity index (χ3n) is 6.92. The minimum atomic E-state index is -4.33. The van der Waals surface area contributed by atoms with Crippen molar-refractivity contribution in [2.45, 2.75) is 63.3 Å². The van der Waals surface area contributed by atoms with Gasteiger partial charge in [-0.15, -0.1) is 0 Å². The first-order chi connectivity index (χ1) is 18.3. The van der Waals surface area contributed by atoms with Crippen LogP contribution in [0, 0.1) is 28.1 Å². The first-order valence-electron chi connectivity index (χ1n) is 12.3. The van der Waals surface area contributed by atoms with Crippen molar-refractivity contribution in [2.24, 2.45) is 5.41 Å². The molecular weight excluding hydrogens is 537 g/mol. The molecule has 0 saturated heterocycles. The molecule has 39 heavy (non-hydrogen) atoms. The van der Waals surface area contributed by atoms with Gasteiger partial charge in [-0.3, -0.25) is 9.36 Å². The summed E-state index contributed by atoms with van der Waals surface area (Å²) in [5, 5.41) is 21.9. The molecule has 210 valence electrons. The maximum absolute atomic E-state index is 13.1. The topological polar surface area (TPSA) is 151 Å². The van der Waals surface area contributed by atoms with Gasteiger partial charge in [0, 0.05) is 31.8 Å². The number of nitriles is 2. The van der Waals surface area contributed by atoms with E-state index in [2.05, 4.69) is 21.4 Å². The number of nitrogens with one attached hydrogen (secondary N) is 1. The zero-order valence-electron chi connectivity index (χ0n) is 21.8. The van der Waals surface area contributed by atoms with Gasteiger partial charge in [-0.05, 0) is 43.7 Å². The number of sulfone groups is 1. The van der Waals surface area contributed by atoms with E-state index in [1.54, 1.807) is 6.92 Å². The molecule has 2 aromatic rings. The normalized spacial score (nSPS) is 19.6. The van der Waals surface area contributed by atoms with Crippen molar-refractivity contribution < 1.29 is 31.1 Å². The van der Waals surface area contributed by atoms with E-state index in [9.17, 15) is 36.9 Å². The van der Waals surface area contributed by atoms with Crippen LogP contribution in [0.1, 0.15) is 66.6 Å². The van der Waals surface area contributed by atoms with Crippen LogP contribution < -0.4 is 10.1 Å². The van der Waals surface area contributed by atoms with E-state index in [4.69, 9.17) is 4.74 Å². The molecule has 1 amide bonds. The molecule has 0 atom stereocenters. The molecule has 14 heteroatoms. The number of imidazole rings is 1. The highest BCUT2D eigenvalue weighted by molar-refractivity contribution is 7.91. The van der Waals surface area contributed by atoms with E-state index in [1.165, 1.54) is 30.2 Å². The van der Waals surface area contributed by atoms with E-state index in [0.717, 1.165) is 0 Å². The first-order valence-corrected chi connectivity index (χ1v) is 14.2. The molecule has 0 unspecified atom stereocenters. The van der Waals surface area contributed by atoms with Crippen LogP contribution in [0.2, 0.25) is 0 Å². The number of rotatable bonds is 9. The molecule has 2 heterocycles. The molecule has 2 aromatic heterocycles. The maximum atomic E-state index is 13.1. The molecule has 1 saturated carbocycles. The standard InChI is InChI=1S/C25H29F3N6O4S/c1-4-20-33-21(23(35)32-15-24(14-30)8-6-17(7-9-24)39(3,36)37)18(12-29)34(20)22-19(38-2)11-16(13-31-22)5-10-25(26,27)28/h11,13,17H,4-10,15H2,1-3H3,(H,32,35)/t17-,24-. The number of aromatic nitrogens is 3. The van der Waals surface area contributed by atoms with E-state index in [0.29, 0.717) is 31.5 Å². The lowest BCUT2D eigenvalue weighted by Gasteiger charge is -2.34. The lowest BCUT2D eigenvalue weighted by atomic mass is 9.75. The van der Waals surface area contributed by atoms with Crippen molar-refractivity contribution in [3.63, 3.8) is 0 Å². The summed E-state index contributed by atoms with van der Waals surface area (Å²) < 4.78 is 68.4. The minimum absolute atomic E-state index is 0.0481. The fourth-order valence-electron chi connectivity index (χ4n) is 4.65. The summed E-state index contributed by atoms with van der Waals surface area (Å²) in [6.45, 7) is 1.70. The van der Waals surface area contributed by atoms with Gasteiger partial charge in [0.2, 0.25) is 0 Å². The van der Waals surface area contributed by atoms with Crippen LogP contribution in [0.15, 0.2) is 12.3 Å². The average Bonchev–Trinajstić information content (AvgIpc) is 3.28. The zero-order valence-corrected chi connectivity index (χ0v) is 22.6. The smallest absolute Gasteiger partial charge is 0.389 e. The van der Waals surface area contributed by atoms with Crippen molar-refractivity contribution in [3.8, 4) is 23.7 Å². The number of methoxy groups -OCH3 is 1. The number of aryl methyl sites for hydroxylation is 2. The molecule has 1 fully saturated rings. The predicted octanol–water partition coefficient (Wildman–Crippen LogP) is 3.43. The second-order valence-electron chi connectivity index (χ2n) is 9.61. The van der Waals surface area contributed by atoms with Gasteiger partial charge in [-0.2, -0.15) is 23.7 Å². The number of hydrogen-bond acceptors (Lipinski definition) is 8. The Morgan fingerprint density at radius 2 is 1.97 bits per heavy atom. The zero-order chi connectivity index (χ0) is 29.0. The number of carbonyl (C=O) groups excluding carboxylic acids is 1. The molecule has 0 radical (unpaired) electrons. The van der Waals surface area contributed by atoms with Crippen molar-refractivity contribution in [1.82, 2.24) is 19.9 Å². The molecule has 0 spiro atoms. The van der Waals surface area contributed by atoms with Gasteiger partial charge >= 0.3 is 6.18 Å². The lowest BCUT2D eigenvalue weighted by Crippen LogP contribution is -2.41. The summed E-state index contributed by atoms with van der Waals surface area (Å²) in [5.41, 5.74) is -1.01. The first kappa shape index (κ1) is 29.9. The minimum Gasteiger partial charge on any atom is -0.493 e. The van der Waals surface area contributed by atoms with Crippen LogP contribution in [-0.4, -0.2) is 60.2 Å². The van der Waals surface area contributed by atoms with Crippen molar-refractivity contribution in [2.75, 3.05) is 19.9 Å². The number of halogens is 3. The SMILES string of the molecule is CCc1nc(C(=O)NC[C@]2(C#N)CC[C@@H](S(C)(=O)=O)CC2)c(C#N)n1-c1ncc(CCC(F)(F)F)cc1OC. The van der Waals surface area contributed by atoms with Crippen LogP contribution in [0.4, 0.5) is 13.2 Å². The Hall–Kier alpha value is -3.65. The number of ether oxygens (including phenoxy) is 1. The Balaban J connectivity index is 1.87. The second-order valence-corrected chi connectivity index (χ2v) is 11.9. The molecule has 3 rings (SSSR count). The van der Waals surface area contributed by atoms with Gasteiger partial charge in [-0.25, -0.2) is 18.4 Å². The van der Waals surface area contributed by atoms with Gasteiger partial charge in [0.1, 0.15) is 21.7 Å². The second kappa shape index (κ2) is 11.6. The van der Waals surface area contributed by atoms with E-state index >= 15 is 0 Å². The number of pyridine rings is 1. The number of carbonyl (C=O) groups is 1. The summed E-state index contributed by atoms with van der Waals surface area (Å²) in [4.78, 5) is 21.7. The van der Waals surface area contributed by atoms with Crippen LogP contribution in [0.25, 0.3) is 5.82 Å². The molecule has 0 bridgehead atoms. The lowest BCUT2D eigenvalue weighted by molar-refractivity contribution is -0.134. The highest BCUT2D eigenvalue weighted by atomic mass is 32.2. The molecule has 1 N–H and O–H groups in total. The van der Waals surface area contributed by atoms with Crippen molar-refractivity contribution >= 4 is 15.7 Å². The molecule has 1 aliphatic rings. The Morgan fingerprint density at radius 1 is 1.31 bits per heavy atom. The third kappa shape index (κ3) is 6.87. The Morgan fingerprint density at radius 3 is 2.49 bits per heavy atom. The fraction of sp³-hybridized carbons (Fsp3) is 0.560. The summed E-state index contributed by atoms with van der Waals surface area (Å²) in [6, 6.07) is 5.58. The van der Waals surface area contributed by atoms with Crippen LogP contribution in [0.3, 0.4) is 0 Å². The van der Waals surface area contributed by atoms with Gasteiger partial charge < -0.3 is 10.1 Å². The fourth-order valence-corrected chi connectivity index (χ4v) is 5.74. The number of amides is 1. The number of nitrogens with zero attached hydrogens (tertiary/aromatic N) is 5. The summed E-state index contributed by atoms with van der Waals surface area (Å²) in [6.07, 6.45) is -1.74. The van der Waals surface area contributed by atoms with Gasteiger partial charge in [-0.1, -0.05) is 6.92 Å². The Labute approximate surface area is 224 Å². The highest BCUT2D eigenvalue weighted by Crippen LogP contribution is 2.37. The van der Waals surface area contributed by atoms with Gasteiger partial charge in [0.05, 0.1) is 23.8 Å². The van der Waals surface area contributed by atoms with Crippen LogP contribution in [0.5, 0.6) is 5.75 Å². The maximum Gasteiger partial charge on any atom is 0.389 e. The number of alkyl halides is 3. The molecule has 0 aromatic carbocycles. The highest BCUT2D eigenvalue weighted by Gasteiger charge is 2.39. The van der Waals surface area contributed by atoms with Crippen molar-refractivity contribution in [3.05, 3.63) is 35.0 Å². The molecule has 0 aliphatic heterocycles. The summed E-state index contributed by atoms with van der Waals surface area (Å²) >= 11 is 0. The molecule has 1 aliphatic carbocycles. The van der Waals surface area contributed by atoms with Crippen molar-refractivity contribution in [1.29, 1.82) is 10.5 Å². The van der Waals surface area contributed by atoms with E-state index in [-0.39, 0.29) is 47.9 Å². The van der Waals surface area contributed by atoms with Gasteiger partial charge in [0.15, 0.2) is 23.0 Å². The third-order valence-corrected chi connectivity index (χ3v) is 8.60.